The van der Waals surface area contributed by atoms with Crippen LogP contribution < -0.4 is 0 Å². The molecule has 21 heavy (non-hydrogen) atoms. The van der Waals surface area contributed by atoms with Gasteiger partial charge in [-0.25, -0.2) is 0 Å². The predicted octanol–water partition coefficient (Wildman–Crippen LogP) is 2.30. The van der Waals surface area contributed by atoms with Gasteiger partial charge < -0.3 is 0 Å². The first kappa shape index (κ1) is 12.4. The molecule has 4 heterocycles. The van der Waals surface area contributed by atoms with Gasteiger partial charge in [-0.3, -0.25) is 9.67 Å². The van der Waals surface area contributed by atoms with Crippen molar-refractivity contribution in [3.05, 3.63) is 35.6 Å². The van der Waals surface area contributed by atoms with E-state index in [1.807, 2.05) is 25.2 Å². The second-order valence-corrected chi connectivity index (χ2v) is 5.67. The minimum Gasteiger partial charge on any atom is -0.264 e. The van der Waals surface area contributed by atoms with Gasteiger partial charge in [0.2, 0.25) is 10.8 Å². The zero-order valence-electron chi connectivity index (χ0n) is 10.8. The minimum atomic E-state index is 0.557. The third-order valence-electron chi connectivity index (χ3n) is 2.98. The normalized spacial score (nSPS) is 11.3. The number of nitrogens with zero attached hydrogens (tertiary/aromatic N) is 7. The summed E-state index contributed by atoms with van der Waals surface area (Å²) >= 11 is 7.56. The molecule has 0 saturated carbocycles. The Morgan fingerprint density at radius 2 is 2.14 bits per heavy atom. The van der Waals surface area contributed by atoms with E-state index in [9.17, 15) is 0 Å². The Bertz CT molecular complexity index is 904. The Morgan fingerprint density at radius 3 is 2.86 bits per heavy atom. The SMILES string of the molecule is Cn1ncc(Cl)c1-c1nn2c(-c3ccccn3)nnc2s1. The summed E-state index contributed by atoms with van der Waals surface area (Å²) in [6.45, 7) is 0. The number of rotatable bonds is 2. The van der Waals surface area contributed by atoms with Gasteiger partial charge in [0.05, 0.1) is 11.2 Å². The Kier molecular flexibility index (Phi) is 2.72. The van der Waals surface area contributed by atoms with Crippen LogP contribution in [0.2, 0.25) is 5.02 Å². The van der Waals surface area contributed by atoms with Gasteiger partial charge in [-0.05, 0) is 12.1 Å². The number of aromatic nitrogens is 7. The summed E-state index contributed by atoms with van der Waals surface area (Å²) in [5.41, 5.74) is 1.48. The van der Waals surface area contributed by atoms with Crippen LogP contribution in [-0.4, -0.2) is 34.6 Å². The molecule has 0 spiro atoms. The van der Waals surface area contributed by atoms with E-state index < -0.39 is 0 Å². The molecule has 0 N–H and O–H groups in total. The largest absolute Gasteiger partial charge is 0.264 e. The maximum absolute atomic E-state index is 6.16. The molecule has 0 radical (unpaired) electrons. The number of halogens is 1. The van der Waals surface area contributed by atoms with Crippen molar-refractivity contribution in [1.29, 1.82) is 0 Å². The average molecular weight is 318 g/mol. The van der Waals surface area contributed by atoms with Crippen molar-refractivity contribution >= 4 is 27.9 Å². The van der Waals surface area contributed by atoms with Gasteiger partial charge in [0.15, 0.2) is 5.01 Å². The van der Waals surface area contributed by atoms with Crippen LogP contribution in [0.3, 0.4) is 0 Å². The van der Waals surface area contributed by atoms with Crippen LogP contribution in [0.1, 0.15) is 0 Å². The van der Waals surface area contributed by atoms with Gasteiger partial charge in [-0.1, -0.05) is 29.0 Å². The molecule has 4 rings (SSSR count). The summed E-state index contributed by atoms with van der Waals surface area (Å²) in [7, 11) is 1.82. The van der Waals surface area contributed by atoms with Crippen molar-refractivity contribution in [3.8, 4) is 22.2 Å². The summed E-state index contributed by atoms with van der Waals surface area (Å²) in [6.07, 6.45) is 3.31. The molecule has 0 atom stereocenters. The summed E-state index contributed by atoms with van der Waals surface area (Å²) in [5.74, 6) is 0.603. The molecule has 0 aliphatic carbocycles. The zero-order valence-corrected chi connectivity index (χ0v) is 12.4. The summed E-state index contributed by atoms with van der Waals surface area (Å²) in [5, 5.41) is 18.2. The van der Waals surface area contributed by atoms with Gasteiger partial charge >= 0.3 is 0 Å². The lowest BCUT2D eigenvalue weighted by molar-refractivity contribution is 0.772. The van der Waals surface area contributed by atoms with Crippen molar-refractivity contribution in [2.45, 2.75) is 0 Å². The highest BCUT2D eigenvalue weighted by atomic mass is 35.5. The summed E-state index contributed by atoms with van der Waals surface area (Å²) < 4.78 is 3.36. The van der Waals surface area contributed by atoms with Crippen LogP contribution in [0.25, 0.3) is 27.2 Å². The van der Waals surface area contributed by atoms with E-state index in [0.29, 0.717) is 15.8 Å². The van der Waals surface area contributed by atoms with Crippen LogP contribution in [-0.2, 0) is 7.05 Å². The lowest BCUT2D eigenvalue weighted by Crippen LogP contribution is -1.96. The quantitative estimate of drug-likeness (QED) is 0.567. The van der Waals surface area contributed by atoms with Crippen LogP contribution in [0, 0.1) is 0 Å². The van der Waals surface area contributed by atoms with E-state index in [2.05, 4.69) is 25.4 Å². The number of fused-ring (bicyclic) bond motifs is 1. The fraction of sp³-hybridized carbons (Fsp3) is 0.0833. The first-order chi connectivity index (χ1) is 10.2. The van der Waals surface area contributed by atoms with Crippen molar-refractivity contribution in [2.24, 2.45) is 7.05 Å². The van der Waals surface area contributed by atoms with Crippen molar-refractivity contribution in [3.63, 3.8) is 0 Å². The second kappa shape index (κ2) is 4.61. The lowest BCUT2D eigenvalue weighted by atomic mass is 10.3. The van der Waals surface area contributed by atoms with Crippen LogP contribution >= 0.6 is 22.9 Å². The Balaban J connectivity index is 1.91. The zero-order chi connectivity index (χ0) is 14.4. The molecule has 0 aliphatic heterocycles. The summed E-state index contributed by atoms with van der Waals surface area (Å²) in [6, 6.07) is 5.62. The van der Waals surface area contributed by atoms with Gasteiger partial charge in [0, 0.05) is 13.2 Å². The Hall–Kier alpha value is -2.32. The van der Waals surface area contributed by atoms with Crippen molar-refractivity contribution < 1.29 is 0 Å². The highest BCUT2D eigenvalue weighted by Crippen LogP contribution is 2.31. The molecule has 9 heteroatoms. The van der Waals surface area contributed by atoms with Gasteiger partial charge in [0.1, 0.15) is 11.4 Å². The molecule has 4 aromatic heterocycles. The third-order valence-corrected chi connectivity index (χ3v) is 4.16. The molecule has 0 bridgehead atoms. The fourth-order valence-corrected chi connectivity index (χ4v) is 3.26. The fourth-order valence-electron chi connectivity index (χ4n) is 2.02. The maximum atomic E-state index is 6.16. The Labute approximate surface area is 127 Å². The monoisotopic (exact) mass is 317 g/mol. The molecule has 4 aromatic rings. The predicted molar refractivity (Wildman–Crippen MR) is 79.1 cm³/mol. The standard InChI is InChI=1S/C12H8ClN7S/c1-19-9(7(13)6-15-19)11-18-20-10(16-17-12(20)21-11)8-4-2-3-5-14-8/h2-6H,1H3. The van der Waals surface area contributed by atoms with Crippen LogP contribution in [0.15, 0.2) is 30.6 Å². The highest BCUT2D eigenvalue weighted by Gasteiger charge is 2.18. The second-order valence-electron chi connectivity index (χ2n) is 4.30. The first-order valence-electron chi connectivity index (χ1n) is 6.05. The van der Waals surface area contributed by atoms with Crippen molar-refractivity contribution in [1.82, 2.24) is 34.6 Å². The topological polar surface area (TPSA) is 73.8 Å². The first-order valence-corrected chi connectivity index (χ1v) is 7.25. The van der Waals surface area contributed by atoms with Gasteiger partial charge in [-0.2, -0.15) is 14.7 Å². The number of hydrogen-bond donors (Lipinski definition) is 0. The van der Waals surface area contributed by atoms with E-state index in [0.717, 1.165) is 16.4 Å². The minimum absolute atomic E-state index is 0.557. The van der Waals surface area contributed by atoms with E-state index >= 15 is 0 Å². The molecule has 0 aromatic carbocycles. The van der Waals surface area contributed by atoms with Gasteiger partial charge in [-0.15, -0.1) is 10.2 Å². The van der Waals surface area contributed by atoms with E-state index in [-0.39, 0.29) is 0 Å². The van der Waals surface area contributed by atoms with E-state index in [1.54, 1.807) is 21.6 Å². The van der Waals surface area contributed by atoms with Gasteiger partial charge in [0.25, 0.3) is 0 Å². The molecule has 0 fully saturated rings. The highest BCUT2D eigenvalue weighted by molar-refractivity contribution is 7.19. The molecule has 0 unspecified atom stereocenters. The van der Waals surface area contributed by atoms with Crippen molar-refractivity contribution in [2.75, 3.05) is 0 Å². The third kappa shape index (κ3) is 1.91. The molecule has 0 saturated heterocycles. The molecule has 0 amide bonds. The molecule has 0 aliphatic rings. The number of pyridine rings is 1. The molecule has 104 valence electrons. The van der Waals surface area contributed by atoms with E-state index in [4.69, 9.17) is 11.6 Å². The maximum Gasteiger partial charge on any atom is 0.235 e. The lowest BCUT2D eigenvalue weighted by Gasteiger charge is -1.97. The summed E-state index contributed by atoms with van der Waals surface area (Å²) in [4.78, 5) is 4.96. The number of aryl methyl sites for hydroxylation is 1. The average Bonchev–Trinajstić information content (AvgIpc) is 3.14. The van der Waals surface area contributed by atoms with Crippen LogP contribution in [0.5, 0.6) is 0 Å². The molecular formula is C12H8ClN7S. The van der Waals surface area contributed by atoms with E-state index in [1.165, 1.54) is 11.3 Å². The molecular weight excluding hydrogens is 310 g/mol. The van der Waals surface area contributed by atoms with Crippen LogP contribution in [0.4, 0.5) is 0 Å². The number of hydrogen-bond acceptors (Lipinski definition) is 6. The smallest absolute Gasteiger partial charge is 0.235 e. The molecule has 7 nitrogen and oxygen atoms in total. The Morgan fingerprint density at radius 1 is 1.24 bits per heavy atom.